The van der Waals surface area contributed by atoms with Gasteiger partial charge in [0, 0.05) is 24.6 Å². The van der Waals surface area contributed by atoms with Crippen LogP contribution in [0.15, 0.2) is 0 Å². The van der Waals surface area contributed by atoms with Gasteiger partial charge in [-0.25, -0.2) is 4.79 Å². The molecule has 1 heterocycles. The summed E-state index contributed by atoms with van der Waals surface area (Å²) in [4.78, 5) is 15.1. The molecule has 1 atom stereocenters. The first-order valence-corrected chi connectivity index (χ1v) is 7.76. The van der Waals surface area contributed by atoms with E-state index >= 15 is 0 Å². The Morgan fingerprint density at radius 2 is 1.56 bits per heavy atom. The average molecular weight is 372 g/mol. The topological polar surface area (TPSA) is 32.8 Å². The Bertz CT molecular complexity index is 493. The third-order valence-electron chi connectivity index (χ3n) is 4.11. The summed E-state index contributed by atoms with van der Waals surface area (Å²) in [6, 6.07) is 0. The maximum absolute atomic E-state index is 12.6. The van der Waals surface area contributed by atoms with Crippen LogP contribution in [-0.2, 0) is 4.74 Å². The van der Waals surface area contributed by atoms with Crippen LogP contribution >= 0.6 is 0 Å². The molecule has 4 nitrogen and oxygen atoms in total. The van der Waals surface area contributed by atoms with Gasteiger partial charge in [-0.15, -0.1) is 0 Å². The van der Waals surface area contributed by atoms with E-state index in [1.165, 1.54) is 0 Å². The number of ether oxygens (including phenoxy) is 1. The molecule has 1 saturated heterocycles. The van der Waals surface area contributed by atoms with Crippen molar-refractivity contribution < 1.29 is 35.9 Å². The van der Waals surface area contributed by atoms with E-state index in [9.17, 15) is 31.1 Å². The van der Waals surface area contributed by atoms with Crippen molar-refractivity contribution in [1.29, 1.82) is 0 Å². The monoisotopic (exact) mass is 372 g/mol. The van der Waals surface area contributed by atoms with Gasteiger partial charge in [0.25, 0.3) is 6.10 Å². The minimum atomic E-state index is -5.73. The van der Waals surface area contributed by atoms with Gasteiger partial charge in [-0.05, 0) is 26.1 Å². The molecule has 0 N–H and O–H groups in total. The zero-order valence-electron chi connectivity index (χ0n) is 15.0. The zero-order chi connectivity index (χ0) is 20.0. The molecule has 1 rings (SSSR count). The number of hydrogen-bond donors (Lipinski definition) is 0. The summed E-state index contributed by atoms with van der Waals surface area (Å²) in [6.45, 7) is 6.41. The van der Waals surface area contributed by atoms with Gasteiger partial charge >= 0.3 is 18.4 Å². The van der Waals surface area contributed by atoms with Gasteiger partial charge in [0.15, 0.2) is 0 Å². The molecule has 25 heavy (non-hydrogen) atoms. The van der Waals surface area contributed by atoms with Gasteiger partial charge in [0.2, 0.25) is 0 Å². The Morgan fingerprint density at radius 1 is 1.12 bits per heavy atom. The highest BCUT2D eigenvalue weighted by atomic mass is 19.4. The first kappa shape index (κ1) is 22.0. The average Bonchev–Trinajstić information content (AvgIpc) is 2.29. The molecule has 1 fully saturated rings. The summed E-state index contributed by atoms with van der Waals surface area (Å²) in [6.07, 6.45) is -17.2. The lowest BCUT2D eigenvalue weighted by Crippen LogP contribution is -2.72. The van der Waals surface area contributed by atoms with Crippen LogP contribution in [-0.4, -0.2) is 87.8 Å². The first-order chi connectivity index (χ1) is 10.9. The van der Waals surface area contributed by atoms with Crippen molar-refractivity contribution in [2.24, 2.45) is 0 Å². The van der Waals surface area contributed by atoms with Gasteiger partial charge in [-0.1, -0.05) is 0 Å². The summed E-state index contributed by atoms with van der Waals surface area (Å²) in [5.74, 6) is -0.613. The van der Waals surface area contributed by atoms with E-state index in [4.69, 9.17) is 0 Å². The standard InChI is InChI=1S/C12H21B3F6N2O2/c1-9(2,3)22-4-6(13)23(10(14,15)5-22)8(24)25-7(11(16,17)18)12(19,20)21/h6-7H,4-5,13-15H2,1-3H3. The summed E-state index contributed by atoms with van der Waals surface area (Å²) in [7, 11) is 4.73. The quantitative estimate of drug-likeness (QED) is 0.477. The van der Waals surface area contributed by atoms with Gasteiger partial charge in [-0.3, -0.25) is 4.90 Å². The number of hydrogen-bond acceptors (Lipinski definition) is 3. The number of halogens is 6. The molecule has 1 aliphatic heterocycles. The van der Waals surface area contributed by atoms with Crippen LogP contribution in [0, 0.1) is 0 Å². The van der Waals surface area contributed by atoms with Crippen LogP contribution in [0.5, 0.6) is 0 Å². The van der Waals surface area contributed by atoms with Crippen LogP contribution in [0.4, 0.5) is 31.1 Å². The SMILES string of the molecule is BC1CN(C(C)(C)C)CC(B)(B)N1C(=O)OC(C(F)(F)F)C(F)(F)F. The normalized spacial score (nSPS) is 23.0. The zero-order valence-corrected chi connectivity index (χ0v) is 15.0. The Kier molecular flexibility index (Phi) is 5.84. The highest BCUT2D eigenvalue weighted by molar-refractivity contribution is 6.41. The molecule has 0 aromatic carbocycles. The van der Waals surface area contributed by atoms with Crippen LogP contribution < -0.4 is 0 Å². The molecule has 0 spiro atoms. The molecule has 13 heteroatoms. The van der Waals surface area contributed by atoms with Crippen molar-refractivity contribution in [1.82, 2.24) is 9.80 Å². The summed E-state index contributed by atoms with van der Waals surface area (Å²) < 4.78 is 79.6. The Morgan fingerprint density at radius 3 is 1.88 bits per heavy atom. The second-order valence-corrected chi connectivity index (χ2v) is 7.93. The second-order valence-electron chi connectivity index (χ2n) is 7.93. The van der Waals surface area contributed by atoms with E-state index in [0.717, 1.165) is 4.90 Å². The molecule has 0 radical (unpaired) electrons. The van der Waals surface area contributed by atoms with Gasteiger partial charge in [0.05, 0.1) is 0 Å². The minimum Gasteiger partial charge on any atom is -0.427 e. The number of carbonyl (C=O) groups is 1. The van der Waals surface area contributed by atoms with Gasteiger partial charge in [0.1, 0.15) is 23.5 Å². The molecule has 0 aromatic heterocycles. The first-order valence-electron chi connectivity index (χ1n) is 7.76. The highest BCUT2D eigenvalue weighted by Gasteiger charge is 2.60. The van der Waals surface area contributed by atoms with Crippen molar-refractivity contribution >= 4 is 29.6 Å². The number of nitrogens with zero attached hydrogens (tertiary/aromatic N) is 2. The Balaban J connectivity index is 3.05. The van der Waals surface area contributed by atoms with E-state index in [2.05, 4.69) is 4.74 Å². The third kappa shape index (κ3) is 5.24. The molecule has 1 amide bonds. The maximum Gasteiger partial charge on any atom is 0.434 e. The number of rotatable bonds is 1. The van der Waals surface area contributed by atoms with E-state index in [-0.39, 0.29) is 5.54 Å². The number of piperazine rings is 1. The fourth-order valence-electron chi connectivity index (χ4n) is 3.02. The van der Waals surface area contributed by atoms with Crippen LogP contribution in [0.3, 0.4) is 0 Å². The summed E-state index contributed by atoms with van der Waals surface area (Å²) in [5, 5.41) is -0.996. The fourth-order valence-corrected chi connectivity index (χ4v) is 3.02. The summed E-state index contributed by atoms with van der Waals surface area (Å²) in [5.41, 5.74) is -0.262. The maximum atomic E-state index is 12.6. The van der Waals surface area contributed by atoms with Crippen molar-refractivity contribution in [2.45, 2.75) is 56.0 Å². The lowest BCUT2D eigenvalue weighted by molar-refractivity contribution is -0.309. The van der Waals surface area contributed by atoms with E-state index in [1.807, 2.05) is 25.7 Å². The molecular weight excluding hydrogens is 351 g/mol. The molecule has 0 bridgehead atoms. The molecule has 0 aromatic rings. The number of amides is 1. The fraction of sp³-hybridized carbons (Fsp3) is 0.917. The molecule has 142 valence electrons. The van der Waals surface area contributed by atoms with Crippen molar-refractivity contribution in [3.05, 3.63) is 0 Å². The number of alkyl halides is 6. The second kappa shape index (κ2) is 6.62. The molecule has 1 unspecified atom stereocenters. The van der Waals surface area contributed by atoms with Crippen molar-refractivity contribution in [3.63, 3.8) is 0 Å². The molecule has 1 aliphatic rings. The van der Waals surface area contributed by atoms with Crippen LogP contribution in [0.25, 0.3) is 0 Å². The van der Waals surface area contributed by atoms with E-state index in [0.29, 0.717) is 13.1 Å². The predicted molar refractivity (Wildman–Crippen MR) is 87.7 cm³/mol. The van der Waals surface area contributed by atoms with Crippen molar-refractivity contribution in [2.75, 3.05) is 13.1 Å². The largest absolute Gasteiger partial charge is 0.434 e. The molecule has 0 aliphatic carbocycles. The van der Waals surface area contributed by atoms with E-state index < -0.39 is 35.8 Å². The lowest BCUT2D eigenvalue weighted by atomic mass is 9.57. The molecule has 0 saturated carbocycles. The Labute approximate surface area is 145 Å². The van der Waals surface area contributed by atoms with Gasteiger partial charge in [-0.2, -0.15) is 26.3 Å². The molecular formula is C12H21B3F6N2O2. The third-order valence-corrected chi connectivity index (χ3v) is 4.11. The highest BCUT2D eigenvalue weighted by Crippen LogP contribution is 2.37. The smallest absolute Gasteiger partial charge is 0.427 e. The summed E-state index contributed by atoms with van der Waals surface area (Å²) >= 11 is 0. The Hall–Kier alpha value is -0.995. The van der Waals surface area contributed by atoms with Crippen LogP contribution in [0.2, 0.25) is 0 Å². The van der Waals surface area contributed by atoms with Crippen LogP contribution in [0.1, 0.15) is 20.8 Å². The predicted octanol–water partition coefficient (Wildman–Crippen LogP) is -0.0885. The van der Waals surface area contributed by atoms with E-state index in [1.54, 1.807) is 23.5 Å². The van der Waals surface area contributed by atoms with Crippen molar-refractivity contribution in [3.8, 4) is 0 Å². The lowest BCUT2D eigenvalue weighted by Gasteiger charge is -2.54. The minimum absolute atomic E-state index is 0.262. The number of carbonyl (C=O) groups excluding carboxylic acids is 1. The van der Waals surface area contributed by atoms with Gasteiger partial charge < -0.3 is 9.64 Å².